The van der Waals surface area contributed by atoms with Crippen molar-refractivity contribution in [3.8, 4) is 0 Å². The molecule has 6 nitrogen and oxygen atoms in total. The van der Waals surface area contributed by atoms with Gasteiger partial charge >= 0.3 is 0 Å². The van der Waals surface area contributed by atoms with Crippen molar-refractivity contribution >= 4 is 10.0 Å². The average Bonchev–Trinajstić information content (AvgIpc) is 2.83. The molecule has 1 aromatic rings. The number of aromatic nitrogens is 1. The van der Waals surface area contributed by atoms with Crippen LogP contribution in [0.2, 0.25) is 0 Å². The van der Waals surface area contributed by atoms with Crippen LogP contribution in [0.4, 0.5) is 0 Å². The molecular formula is C13H25N3O3S. The zero-order valence-electron chi connectivity index (χ0n) is 12.6. The first-order valence-electron chi connectivity index (χ1n) is 6.77. The van der Waals surface area contributed by atoms with Crippen molar-refractivity contribution in [2.45, 2.75) is 50.7 Å². The molecule has 1 aromatic heterocycles. The van der Waals surface area contributed by atoms with Gasteiger partial charge in [-0.15, -0.1) is 0 Å². The average molecular weight is 303 g/mol. The Bertz CT molecular complexity index is 523. The molecule has 0 saturated carbocycles. The molecular weight excluding hydrogens is 278 g/mol. The molecule has 0 aliphatic heterocycles. The van der Waals surface area contributed by atoms with Crippen LogP contribution < -0.4 is 10.5 Å². The molecule has 0 saturated heterocycles. The highest BCUT2D eigenvalue weighted by molar-refractivity contribution is 7.89. The maximum Gasteiger partial charge on any atom is 0.242 e. The fourth-order valence-corrected chi connectivity index (χ4v) is 3.37. The third-order valence-electron chi connectivity index (χ3n) is 3.17. The molecule has 0 radical (unpaired) electrons. The predicted octanol–water partition coefficient (Wildman–Crippen LogP) is 1.23. The summed E-state index contributed by atoms with van der Waals surface area (Å²) in [5.74, 6) is 0. The van der Waals surface area contributed by atoms with Gasteiger partial charge in [-0.1, -0.05) is 6.92 Å². The van der Waals surface area contributed by atoms with Gasteiger partial charge in [-0.05, 0) is 26.3 Å². The summed E-state index contributed by atoms with van der Waals surface area (Å²) in [7, 11) is -1.99. The van der Waals surface area contributed by atoms with Crippen LogP contribution in [0.1, 0.15) is 38.9 Å². The van der Waals surface area contributed by atoms with Crippen LogP contribution in [0.5, 0.6) is 0 Å². The van der Waals surface area contributed by atoms with Gasteiger partial charge in [-0.2, -0.15) is 0 Å². The first-order valence-corrected chi connectivity index (χ1v) is 8.26. The lowest BCUT2D eigenvalue weighted by molar-refractivity contribution is 0.173. The number of rotatable bonds is 8. The molecule has 116 valence electrons. The highest BCUT2D eigenvalue weighted by Crippen LogP contribution is 2.19. The Morgan fingerprint density at radius 1 is 1.45 bits per heavy atom. The van der Waals surface area contributed by atoms with Crippen LogP contribution in [-0.2, 0) is 21.3 Å². The fourth-order valence-electron chi connectivity index (χ4n) is 2.01. The Hall–Kier alpha value is -0.890. The van der Waals surface area contributed by atoms with Crippen LogP contribution in [0.3, 0.4) is 0 Å². The minimum Gasteiger partial charge on any atom is -0.383 e. The van der Waals surface area contributed by atoms with Crippen molar-refractivity contribution in [1.29, 1.82) is 0 Å². The Morgan fingerprint density at radius 3 is 2.50 bits per heavy atom. The second-order valence-corrected chi connectivity index (χ2v) is 6.77. The third-order valence-corrected chi connectivity index (χ3v) is 4.65. The van der Waals surface area contributed by atoms with E-state index < -0.39 is 10.0 Å². The first-order chi connectivity index (χ1) is 9.35. The van der Waals surface area contributed by atoms with Gasteiger partial charge in [0.05, 0.1) is 11.5 Å². The van der Waals surface area contributed by atoms with E-state index in [1.807, 2.05) is 25.3 Å². The molecule has 1 heterocycles. The topological polar surface area (TPSA) is 86.3 Å². The van der Waals surface area contributed by atoms with E-state index in [2.05, 4.69) is 4.72 Å². The van der Waals surface area contributed by atoms with Gasteiger partial charge in [0.1, 0.15) is 0 Å². The van der Waals surface area contributed by atoms with Crippen LogP contribution in [0.15, 0.2) is 17.2 Å². The maximum absolute atomic E-state index is 12.4. The smallest absolute Gasteiger partial charge is 0.242 e. The first kappa shape index (κ1) is 17.2. The predicted molar refractivity (Wildman–Crippen MR) is 79.0 cm³/mol. The molecule has 1 unspecified atom stereocenters. The molecule has 0 amide bonds. The Labute approximate surface area is 121 Å². The van der Waals surface area contributed by atoms with Gasteiger partial charge in [0.2, 0.25) is 10.0 Å². The highest BCUT2D eigenvalue weighted by atomic mass is 32.2. The summed E-state index contributed by atoms with van der Waals surface area (Å²) in [6.45, 7) is 6.55. The minimum atomic E-state index is -3.55. The number of hydrogen-bond acceptors (Lipinski definition) is 4. The highest BCUT2D eigenvalue weighted by Gasteiger charge is 2.22. The summed E-state index contributed by atoms with van der Waals surface area (Å²) in [5, 5.41) is 0. The van der Waals surface area contributed by atoms with Crippen molar-refractivity contribution in [2.24, 2.45) is 5.73 Å². The molecule has 20 heavy (non-hydrogen) atoms. The van der Waals surface area contributed by atoms with Crippen molar-refractivity contribution in [3.63, 3.8) is 0 Å². The van der Waals surface area contributed by atoms with E-state index in [9.17, 15) is 8.42 Å². The van der Waals surface area contributed by atoms with Gasteiger partial charge in [0, 0.05) is 37.6 Å². The Morgan fingerprint density at radius 2 is 2.10 bits per heavy atom. The molecule has 7 heteroatoms. The fraction of sp³-hybridized carbons (Fsp3) is 0.692. The van der Waals surface area contributed by atoms with E-state index >= 15 is 0 Å². The van der Waals surface area contributed by atoms with E-state index in [0.29, 0.717) is 19.6 Å². The van der Waals surface area contributed by atoms with Crippen molar-refractivity contribution in [3.05, 3.63) is 18.0 Å². The van der Waals surface area contributed by atoms with Crippen LogP contribution in [-0.4, -0.2) is 32.7 Å². The summed E-state index contributed by atoms with van der Waals surface area (Å²) in [5.41, 5.74) is 6.47. The number of hydrogen-bond donors (Lipinski definition) is 2. The lowest BCUT2D eigenvalue weighted by atomic mass is 10.3. The van der Waals surface area contributed by atoms with Crippen LogP contribution in [0.25, 0.3) is 0 Å². The summed E-state index contributed by atoms with van der Waals surface area (Å²) in [6, 6.07) is 1.56. The van der Waals surface area contributed by atoms with Gasteiger partial charge in [0.15, 0.2) is 0 Å². The van der Waals surface area contributed by atoms with E-state index in [0.717, 1.165) is 5.69 Å². The quantitative estimate of drug-likeness (QED) is 0.756. The molecule has 0 fully saturated rings. The van der Waals surface area contributed by atoms with E-state index in [1.165, 1.54) is 0 Å². The Balaban J connectivity index is 3.03. The molecule has 1 rings (SSSR count). The van der Waals surface area contributed by atoms with Crippen molar-refractivity contribution in [1.82, 2.24) is 9.29 Å². The summed E-state index contributed by atoms with van der Waals surface area (Å²) < 4.78 is 34.3. The molecule has 0 bridgehead atoms. The van der Waals surface area contributed by atoms with Crippen molar-refractivity contribution < 1.29 is 13.2 Å². The third kappa shape index (κ3) is 4.05. The molecule has 0 aromatic carbocycles. The van der Waals surface area contributed by atoms with Gasteiger partial charge in [-0.3, -0.25) is 0 Å². The van der Waals surface area contributed by atoms with Gasteiger partial charge in [0.25, 0.3) is 0 Å². The molecule has 0 aliphatic rings. The lowest BCUT2D eigenvalue weighted by Gasteiger charge is -2.15. The number of nitrogens with zero attached hydrogens (tertiary/aromatic N) is 1. The monoisotopic (exact) mass is 303 g/mol. The van der Waals surface area contributed by atoms with Gasteiger partial charge in [-0.25, -0.2) is 13.1 Å². The zero-order valence-corrected chi connectivity index (χ0v) is 13.4. The SMILES string of the molecule is CCC(COC)NS(=O)(=O)c1cc(CN)n(C(C)C)c1. The summed E-state index contributed by atoms with van der Waals surface area (Å²) >= 11 is 0. The van der Waals surface area contributed by atoms with Crippen molar-refractivity contribution in [2.75, 3.05) is 13.7 Å². The van der Waals surface area contributed by atoms with E-state index in [1.54, 1.807) is 19.4 Å². The molecule has 1 atom stereocenters. The normalized spacial score (nSPS) is 13.9. The lowest BCUT2D eigenvalue weighted by Crippen LogP contribution is -2.37. The van der Waals surface area contributed by atoms with E-state index in [-0.39, 0.29) is 17.0 Å². The maximum atomic E-state index is 12.4. The molecule has 0 spiro atoms. The second-order valence-electron chi connectivity index (χ2n) is 5.05. The number of methoxy groups -OCH3 is 1. The number of nitrogens with two attached hydrogens (primary N) is 1. The summed E-state index contributed by atoms with van der Waals surface area (Å²) in [4.78, 5) is 0.251. The van der Waals surface area contributed by atoms with Gasteiger partial charge < -0.3 is 15.0 Å². The molecule has 0 aliphatic carbocycles. The minimum absolute atomic E-state index is 0.165. The Kier molecular flexibility index (Phi) is 6.19. The molecule has 3 N–H and O–H groups in total. The second kappa shape index (κ2) is 7.21. The van der Waals surface area contributed by atoms with E-state index in [4.69, 9.17) is 10.5 Å². The summed E-state index contributed by atoms with van der Waals surface area (Å²) in [6.07, 6.45) is 2.30. The zero-order chi connectivity index (χ0) is 15.3. The van der Waals surface area contributed by atoms with Crippen LogP contribution in [0, 0.1) is 0 Å². The standard InChI is InChI=1S/C13H25N3O3S/c1-5-11(9-19-4)15-20(17,18)13-6-12(7-14)16(8-13)10(2)3/h6,8,10-11,15H,5,7,9,14H2,1-4H3. The number of nitrogens with one attached hydrogen (secondary N) is 1. The largest absolute Gasteiger partial charge is 0.383 e. The van der Waals surface area contributed by atoms with Crippen LogP contribution >= 0.6 is 0 Å². The number of ether oxygens (including phenoxy) is 1. The number of sulfonamides is 1.